The van der Waals surface area contributed by atoms with Gasteiger partial charge in [0.2, 0.25) is 5.91 Å². The zero-order valence-electron chi connectivity index (χ0n) is 17.1. The molecule has 2 heterocycles. The van der Waals surface area contributed by atoms with Crippen LogP contribution in [0.1, 0.15) is 29.5 Å². The maximum absolute atomic E-state index is 12.2. The molecule has 0 radical (unpaired) electrons. The van der Waals surface area contributed by atoms with E-state index in [9.17, 15) is 4.79 Å². The van der Waals surface area contributed by atoms with Gasteiger partial charge in [-0.2, -0.15) is 0 Å². The Labute approximate surface area is 171 Å². The number of fused-ring (bicyclic) bond motifs is 1. The maximum atomic E-state index is 12.2. The molecular weight excluding hydrogens is 364 g/mol. The van der Waals surface area contributed by atoms with E-state index in [2.05, 4.69) is 48.4 Å². The van der Waals surface area contributed by atoms with Crippen LogP contribution in [0.25, 0.3) is 22.2 Å². The molecule has 1 amide bonds. The van der Waals surface area contributed by atoms with Crippen molar-refractivity contribution < 1.29 is 14.3 Å². The molecule has 1 fully saturated rings. The van der Waals surface area contributed by atoms with Crippen LogP contribution in [0.4, 0.5) is 0 Å². The van der Waals surface area contributed by atoms with Crippen LogP contribution in [0, 0.1) is 13.8 Å². The Kier molecular flexibility index (Phi) is 5.97. The van der Waals surface area contributed by atoms with Gasteiger partial charge < -0.3 is 19.8 Å². The second-order valence-electron chi connectivity index (χ2n) is 7.76. The SMILES string of the molecule is Cc1cc(CNC(=O)COCC2CCCO2)c2[nH]c(-c3ccccc3)c(C)c2c1. The van der Waals surface area contributed by atoms with Crippen molar-refractivity contribution in [2.45, 2.75) is 39.3 Å². The molecule has 1 saturated heterocycles. The molecule has 0 aliphatic carbocycles. The number of aryl methyl sites for hydroxylation is 2. The van der Waals surface area contributed by atoms with Crippen molar-refractivity contribution in [2.24, 2.45) is 0 Å². The highest BCUT2D eigenvalue weighted by molar-refractivity contribution is 5.93. The Morgan fingerprint density at radius 2 is 2.07 bits per heavy atom. The molecule has 3 aromatic rings. The zero-order valence-corrected chi connectivity index (χ0v) is 17.1. The minimum atomic E-state index is -0.107. The lowest BCUT2D eigenvalue weighted by Gasteiger charge is -2.11. The third-order valence-corrected chi connectivity index (χ3v) is 5.49. The molecule has 5 heteroatoms. The van der Waals surface area contributed by atoms with Gasteiger partial charge in [-0.25, -0.2) is 0 Å². The van der Waals surface area contributed by atoms with Crippen molar-refractivity contribution in [2.75, 3.05) is 19.8 Å². The van der Waals surface area contributed by atoms with Crippen LogP contribution in [0.15, 0.2) is 42.5 Å². The van der Waals surface area contributed by atoms with Gasteiger partial charge in [-0.1, -0.05) is 42.0 Å². The monoisotopic (exact) mass is 392 g/mol. The molecule has 0 bridgehead atoms. The zero-order chi connectivity index (χ0) is 20.2. The average Bonchev–Trinajstić information content (AvgIpc) is 3.35. The molecule has 0 spiro atoms. The number of rotatable bonds is 7. The van der Waals surface area contributed by atoms with E-state index < -0.39 is 0 Å². The first-order valence-electron chi connectivity index (χ1n) is 10.2. The van der Waals surface area contributed by atoms with Crippen LogP contribution in [-0.2, 0) is 20.8 Å². The Bertz CT molecular complexity index is 988. The van der Waals surface area contributed by atoms with Crippen molar-refractivity contribution in [3.8, 4) is 11.3 Å². The molecule has 1 aromatic heterocycles. The lowest BCUT2D eigenvalue weighted by Crippen LogP contribution is -2.28. The number of amides is 1. The van der Waals surface area contributed by atoms with Crippen LogP contribution >= 0.6 is 0 Å². The number of carbonyl (C=O) groups excluding carboxylic acids is 1. The second kappa shape index (κ2) is 8.80. The molecule has 4 rings (SSSR count). The molecule has 0 saturated carbocycles. The normalized spacial score (nSPS) is 16.4. The first-order chi connectivity index (χ1) is 14.1. The number of H-pyrrole nitrogens is 1. The number of hydrogen-bond donors (Lipinski definition) is 2. The third-order valence-electron chi connectivity index (χ3n) is 5.49. The Hall–Kier alpha value is -2.63. The van der Waals surface area contributed by atoms with Crippen molar-refractivity contribution in [3.63, 3.8) is 0 Å². The highest BCUT2D eigenvalue weighted by Crippen LogP contribution is 2.32. The quantitative estimate of drug-likeness (QED) is 0.631. The highest BCUT2D eigenvalue weighted by atomic mass is 16.5. The minimum Gasteiger partial charge on any atom is -0.376 e. The van der Waals surface area contributed by atoms with E-state index in [1.54, 1.807) is 0 Å². The van der Waals surface area contributed by atoms with Crippen molar-refractivity contribution in [1.29, 1.82) is 0 Å². The molecule has 2 aromatic carbocycles. The van der Waals surface area contributed by atoms with E-state index >= 15 is 0 Å². The summed E-state index contributed by atoms with van der Waals surface area (Å²) < 4.78 is 11.0. The van der Waals surface area contributed by atoms with Crippen LogP contribution in [0.2, 0.25) is 0 Å². The van der Waals surface area contributed by atoms with Crippen LogP contribution < -0.4 is 5.32 Å². The third kappa shape index (κ3) is 4.52. The molecule has 1 atom stereocenters. The van der Waals surface area contributed by atoms with Gasteiger partial charge in [0, 0.05) is 24.2 Å². The molecule has 152 valence electrons. The summed E-state index contributed by atoms with van der Waals surface area (Å²) in [5.74, 6) is -0.107. The number of aromatic nitrogens is 1. The molecule has 1 unspecified atom stereocenters. The number of ether oxygens (including phenoxy) is 2. The summed E-state index contributed by atoms with van der Waals surface area (Å²) in [7, 11) is 0. The van der Waals surface area contributed by atoms with Gasteiger partial charge in [0.25, 0.3) is 0 Å². The van der Waals surface area contributed by atoms with E-state index in [1.807, 2.05) is 18.2 Å². The number of carbonyl (C=O) groups is 1. The molecular formula is C24H28N2O3. The summed E-state index contributed by atoms with van der Waals surface area (Å²) in [5.41, 5.74) is 6.85. The summed E-state index contributed by atoms with van der Waals surface area (Å²) in [6.07, 6.45) is 2.22. The van der Waals surface area contributed by atoms with Gasteiger partial charge in [-0.3, -0.25) is 4.79 Å². The van der Waals surface area contributed by atoms with E-state index in [1.165, 1.54) is 16.5 Å². The number of hydrogen-bond acceptors (Lipinski definition) is 3. The molecule has 1 aliphatic heterocycles. The second-order valence-corrected chi connectivity index (χ2v) is 7.76. The Morgan fingerprint density at radius 3 is 2.83 bits per heavy atom. The van der Waals surface area contributed by atoms with Crippen LogP contribution in [-0.4, -0.2) is 36.8 Å². The average molecular weight is 392 g/mol. The Morgan fingerprint density at radius 1 is 1.24 bits per heavy atom. The van der Waals surface area contributed by atoms with E-state index in [0.717, 1.165) is 41.8 Å². The van der Waals surface area contributed by atoms with Crippen LogP contribution in [0.5, 0.6) is 0 Å². The van der Waals surface area contributed by atoms with Gasteiger partial charge >= 0.3 is 0 Å². The number of aromatic amines is 1. The number of nitrogens with one attached hydrogen (secondary N) is 2. The number of benzene rings is 2. The van der Waals surface area contributed by atoms with Crippen LogP contribution in [0.3, 0.4) is 0 Å². The van der Waals surface area contributed by atoms with Gasteiger partial charge in [-0.15, -0.1) is 0 Å². The predicted molar refractivity (Wildman–Crippen MR) is 115 cm³/mol. The van der Waals surface area contributed by atoms with Crippen molar-refractivity contribution >= 4 is 16.8 Å². The molecule has 5 nitrogen and oxygen atoms in total. The smallest absolute Gasteiger partial charge is 0.246 e. The van der Waals surface area contributed by atoms with Gasteiger partial charge in [0.15, 0.2) is 0 Å². The highest BCUT2D eigenvalue weighted by Gasteiger charge is 2.16. The fourth-order valence-electron chi connectivity index (χ4n) is 3.99. The summed E-state index contributed by atoms with van der Waals surface area (Å²) in [5, 5.41) is 4.18. The van der Waals surface area contributed by atoms with Gasteiger partial charge in [0.05, 0.1) is 18.2 Å². The molecule has 2 N–H and O–H groups in total. The Balaban J connectivity index is 1.46. The van der Waals surface area contributed by atoms with Gasteiger partial charge in [0.1, 0.15) is 6.61 Å². The van der Waals surface area contributed by atoms with E-state index in [-0.39, 0.29) is 18.6 Å². The summed E-state index contributed by atoms with van der Waals surface area (Å²) in [4.78, 5) is 15.8. The van der Waals surface area contributed by atoms with E-state index in [4.69, 9.17) is 9.47 Å². The van der Waals surface area contributed by atoms with Crippen molar-refractivity contribution in [3.05, 3.63) is 59.2 Å². The van der Waals surface area contributed by atoms with E-state index in [0.29, 0.717) is 13.2 Å². The lowest BCUT2D eigenvalue weighted by molar-refractivity contribution is -0.127. The summed E-state index contributed by atoms with van der Waals surface area (Å²) in [6, 6.07) is 14.7. The maximum Gasteiger partial charge on any atom is 0.246 e. The first kappa shape index (κ1) is 19.7. The van der Waals surface area contributed by atoms with Gasteiger partial charge in [-0.05, 0) is 49.4 Å². The fraction of sp³-hybridized carbons (Fsp3) is 0.375. The first-order valence-corrected chi connectivity index (χ1v) is 10.2. The largest absolute Gasteiger partial charge is 0.376 e. The fourth-order valence-corrected chi connectivity index (χ4v) is 3.99. The topological polar surface area (TPSA) is 63.4 Å². The predicted octanol–water partition coefficient (Wildman–Crippen LogP) is 4.26. The standard InChI is InChI=1S/C24H28N2O3/c1-16-11-19(13-25-22(27)15-28-14-20-9-6-10-29-20)24-21(12-16)17(2)23(26-24)18-7-4-3-5-8-18/h3-5,7-8,11-12,20,26H,6,9-10,13-15H2,1-2H3,(H,25,27). The van der Waals surface area contributed by atoms with Crippen molar-refractivity contribution in [1.82, 2.24) is 10.3 Å². The molecule has 29 heavy (non-hydrogen) atoms. The summed E-state index contributed by atoms with van der Waals surface area (Å²) >= 11 is 0. The molecule has 1 aliphatic rings. The minimum absolute atomic E-state index is 0.0633. The summed E-state index contributed by atoms with van der Waals surface area (Å²) in [6.45, 7) is 6.04. The lowest BCUT2D eigenvalue weighted by atomic mass is 10.0.